The number of hydrogen-bond donors (Lipinski definition) is 0. The van der Waals surface area contributed by atoms with Crippen LogP contribution in [0.1, 0.15) is 42.3 Å². The zero-order valence-corrected chi connectivity index (χ0v) is 18.0. The normalized spacial score (nSPS) is 24.8. The number of ether oxygens (including phenoxy) is 5. The number of ketones is 1. The summed E-state index contributed by atoms with van der Waals surface area (Å²) in [5, 5.41) is 0. The quantitative estimate of drug-likeness (QED) is 0.706. The van der Waals surface area contributed by atoms with Gasteiger partial charge in [0.25, 0.3) is 0 Å². The molecule has 0 aromatic heterocycles. The highest BCUT2D eigenvalue weighted by atomic mass is 19.1. The van der Waals surface area contributed by atoms with Crippen molar-refractivity contribution in [3.05, 3.63) is 47.0 Å². The van der Waals surface area contributed by atoms with Crippen LogP contribution >= 0.6 is 0 Å². The van der Waals surface area contributed by atoms with Crippen molar-refractivity contribution in [1.29, 1.82) is 0 Å². The van der Waals surface area contributed by atoms with Crippen molar-refractivity contribution in [2.75, 3.05) is 20.8 Å². The Labute approximate surface area is 179 Å². The molecule has 2 atom stereocenters. The summed E-state index contributed by atoms with van der Waals surface area (Å²) in [6, 6.07) is 6.73. The molecule has 5 rings (SSSR count). The number of methoxy groups -OCH3 is 2. The summed E-state index contributed by atoms with van der Waals surface area (Å²) in [7, 11) is 3.07. The fourth-order valence-corrected chi connectivity index (χ4v) is 4.60. The van der Waals surface area contributed by atoms with Gasteiger partial charge in [-0.2, -0.15) is 0 Å². The number of rotatable bonds is 2. The van der Waals surface area contributed by atoms with E-state index in [0.717, 1.165) is 0 Å². The Morgan fingerprint density at radius 1 is 1.06 bits per heavy atom. The Morgan fingerprint density at radius 2 is 1.77 bits per heavy atom. The number of carbonyl (C=O) groups excluding carboxylic acids is 1. The first kappa shape index (κ1) is 19.7. The number of halogens is 1. The molecule has 31 heavy (non-hydrogen) atoms. The summed E-state index contributed by atoms with van der Waals surface area (Å²) in [6.45, 7) is 5.49. The van der Waals surface area contributed by atoms with Gasteiger partial charge in [0.15, 0.2) is 17.3 Å². The van der Waals surface area contributed by atoms with Crippen LogP contribution in [0.5, 0.6) is 28.7 Å². The van der Waals surface area contributed by atoms with Gasteiger partial charge in [0.05, 0.1) is 30.8 Å². The van der Waals surface area contributed by atoms with Crippen molar-refractivity contribution < 1.29 is 32.9 Å². The second kappa shape index (κ2) is 6.39. The highest BCUT2D eigenvalue weighted by Crippen LogP contribution is 2.53. The van der Waals surface area contributed by atoms with Gasteiger partial charge in [-0.15, -0.1) is 0 Å². The van der Waals surface area contributed by atoms with Gasteiger partial charge >= 0.3 is 0 Å². The van der Waals surface area contributed by atoms with Gasteiger partial charge in [0.1, 0.15) is 41.4 Å². The third kappa shape index (κ3) is 2.65. The Balaban J connectivity index is 1.68. The largest absolute Gasteiger partial charge is 0.493 e. The average Bonchev–Trinajstić information content (AvgIpc) is 2.72. The Kier molecular flexibility index (Phi) is 4.07. The van der Waals surface area contributed by atoms with Crippen molar-refractivity contribution in [1.82, 2.24) is 0 Å². The highest BCUT2D eigenvalue weighted by molar-refractivity contribution is 6.09. The first-order chi connectivity index (χ1) is 14.7. The van der Waals surface area contributed by atoms with Gasteiger partial charge in [0, 0.05) is 11.6 Å². The summed E-state index contributed by atoms with van der Waals surface area (Å²) in [5.41, 5.74) is -0.704. The smallest absolute Gasteiger partial charge is 0.180 e. The molecule has 0 saturated heterocycles. The van der Waals surface area contributed by atoms with E-state index in [-0.39, 0.29) is 23.7 Å². The van der Waals surface area contributed by atoms with Gasteiger partial charge in [-0.3, -0.25) is 4.79 Å². The van der Waals surface area contributed by atoms with Gasteiger partial charge in [-0.1, -0.05) is 0 Å². The van der Waals surface area contributed by atoms with Crippen molar-refractivity contribution in [2.24, 2.45) is 0 Å². The first-order valence-corrected chi connectivity index (χ1v) is 10.0. The van der Waals surface area contributed by atoms with Gasteiger partial charge in [-0.25, -0.2) is 4.39 Å². The lowest BCUT2D eigenvalue weighted by molar-refractivity contribution is 0.0265. The molecule has 3 aliphatic rings. The number of Topliss-reactive ketones (excluding diaryl/α,β-unsaturated/α-hetero) is 1. The van der Waals surface area contributed by atoms with E-state index in [0.29, 0.717) is 34.1 Å². The van der Waals surface area contributed by atoms with Crippen LogP contribution in [0.15, 0.2) is 30.3 Å². The Bertz CT molecular complexity index is 1150. The molecule has 0 aliphatic carbocycles. The molecule has 0 saturated carbocycles. The standard InChI is InChI=1S/C24H23FO6/c1-23(2)10-14(25)20-15(31-23)7-6-12-21(20)30-19-11-29-16-9-18(28-5)17(27-4)8-13(16)24(19,3)22(12)26/h6-10,19H,11H2,1-5H3/t19-,24+/m1/s1. The molecule has 0 bridgehead atoms. The number of fused-ring (bicyclic) bond motifs is 6. The zero-order chi connectivity index (χ0) is 22.1. The van der Waals surface area contributed by atoms with Crippen molar-refractivity contribution >= 4 is 11.6 Å². The van der Waals surface area contributed by atoms with Crippen molar-refractivity contribution in [3.63, 3.8) is 0 Å². The van der Waals surface area contributed by atoms with Crippen LogP contribution in [0.3, 0.4) is 0 Å². The monoisotopic (exact) mass is 426 g/mol. The number of benzene rings is 2. The van der Waals surface area contributed by atoms with Gasteiger partial charge in [0.2, 0.25) is 0 Å². The minimum absolute atomic E-state index is 0.130. The average molecular weight is 426 g/mol. The lowest BCUT2D eigenvalue weighted by Crippen LogP contribution is -2.55. The molecule has 0 radical (unpaired) electrons. The SMILES string of the molecule is COc1cc2c(cc1OC)[C@]1(C)C(=O)c3ccc4c(c3O[C@@H]1CO2)C(F)=CC(C)(C)O4. The highest BCUT2D eigenvalue weighted by Gasteiger charge is 2.54. The molecule has 0 spiro atoms. The van der Waals surface area contributed by atoms with Crippen LogP contribution in [0, 0.1) is 0 Å². The number of hydrogen-bond acceptors (Lipinski definition) is 6. The number of carbonyl (C=O) groups is 1. The Hall–Kier alpha value is -3.22. The molecule has 3 aliphatic heterocycles. The fourth-order valence-electron chi connectivity index (χ4n) is 4.60. The predicted octanol–water partition coefficient (Wildman–Crippen LogP) is 4.48. The van der Waals surface area contributed by atoms with Crippen LogP contribution in [0.2, 0.25) is 0 Å². The van der Waals surface area contributed by atoms with E-state index in [1.165, 1.54) is 20.3 Å². The van der Waals surface area contributed by atoms with E-state index < -0.39 is 22.9 Å². The molecule has 2 aromatic rings. The van der Waals surface area contributed by atoms with Crippen LogP contribution in [-0.2, 0) is 5.41 Å². The zero-order valence-electron chi connectivity index (χ0n) is 18.0. The first-order valence-electron chi connectivity index (χ1n) is 10.0. The van der Waals surface area contributed by atoms with Crippen LogP contribution in [0.4, 0.5) is 4.39 Å². The van der Waals surface area contributed by atoms with E-state index in [1.807, 2.05) is 6.92 Å². The van der Waals surface area contributed by atoms with E-state index >= 15 is 4.39 Å². The molecule has 0 N–H and O–H groups in total. The third-order valence-corrected chi connectivity index (χ3v) is 6.26. The lowest BCUT2D eigenvalue weighted by Gasteiger charge is -2.45. The molecule has 162 valence electrons. The molecular formula is C24H23FO6. The Morgan fingerprint density at radius 3 is 2.48 bits per heavy atom. The minimum atomic E-state index is -1.04. The summed E-state index contributed by atoms with van der Waals surface area (Å²) < 4.78 is 43.9. The minimum Gasteiger partial charge on any atom is -0.493 e. The maximum Gasteiger partial charge on any atom is 0.180 e. The molecule has 7 heteroatoms. The molecule has 0 unspecified atom stereocenters. The van der Waals surface area contributed by atoms with E-state index in [9.17, 15) is 4.79 Å². The molecule has 0 fully saturated rings. The topological polar surface area (TPSA) is 63.2 Å². The third-order valence-electron chi connectivity index (χ3n) is 6.26. The van der Waals surface area contributed by atoms with E-state index in [4.69, 9.17) is 23.7 Å². The van der Waals surface area contributed by atoms with Crippen LogP contribution in [0.25, 0.3) is 5.83 Å². The second-order valence-corrected chi connectivity index (χ2v) is 8.67. The van der Waals surface area contributed by atoms with E-state index in [1.54, 1.807) is 38.1 Å². The summed E-state index contributed by atoms with van der Waals surface area (Å²) in [5.74, 6) is 1.43. The van der Waals surface area contributed by atoms with Gasteiger partial charge in [-0.05, 0) is 45.0 Å². The fraction of sp³-hybridized carbons (Fsp3) is 0.375. The molecule has 6 nitrogen and oxygen atoms in total. The maximum atomic E-state index is 15.1. The molecule has 2 aromatic carbocycles. The second-order valence-electron chi connectivity index (χ2n) is 8.67. The van der Waals surface area contributed by atoms with Crippen molar-refractivity contribution in [3.8, 4) is 28.7 Å². The lowest BCUT2D eigenvalue weighted by atomic mass is 9.68. The summed E-state index contributed by atoms with van der Waals surface area (Å²) in [4.78, 5) is 13.8. The van der Waals surface area contributed by atoms with Crippen molar-refractivity contribution in [2.45, 2.75) is 37.9 Å². The van der Waals surface area contributed by atoms with Crippen LogP contribution in [-0.4, -0.2) is 38.3 Å². The van der Waals surface area contributed by atoms with Crippen LogP contribution < -0.4 is 23.7 Å². The predicted molar refractivity (Wildman–Crippen MR) is 111 cm³/mol. The summed E-state index contributed by atoms with van der Waals surface area (Å²) >= 11 is 0. The molecular weight excluding hydrogens is 403 g/mol. The summed E-state index contributed by atoms with van der Waals surface area (Å²) in [6.07, 6.45) is 0.744. The maximum absolute atomic E-state index is 15.1. The molecule has 0 amide bonds. The van der Waals surface area contributed by atoms with E-state index in [2.05, 4.69) is 0 Å². The molecule has 3 heterocycles. The van der Waals surface area contributed by atoms with Gasteiger partial charge < -0.3 is 23.7 Å².